The van der Waals surface area contributed by atoms with Gasteiger partial charge in [-0.25, -0.2) is 4.98 Å². The highest BCUT2D eigenvalue weighted by Crippen LogP contribution is 2.49. The molecule has 0 spiro atoms. The molecule has 168 valence electrons. The van der Waals surface area contributed by atoms with Gasteiger partial charge in [0.1, 0.15) is 0 Å². The third kappa shape index (κ3) is 3.69. The van der Waals surface area contributed by atoms with E-state index in [1.165, 1.54) is 12.1 Å². The Bertz CT molecular complexity index is 1350. The van der Waals surface area contributed by atoms with Crippen LogP contribution in [0.4, 0.5) is 24.7 Å². The molecule has 1 aliphatic rings. The summed E-state index contributed by atoms with van der Waals surface area (Å²) < 4.78 is 38.6. The number of aryl methyl sites for hydroxylation is 1. The number of halogens is 3. The number of nitrogens with two attached hydrogens (primary N) is 1. The summed E-state index contributed by atoms with van der Waals surface area (Å²) in [7, 11) is 0. The molecule has 2 aromatic heterocycles. The van der Waals surface area contributed by atoms with Crippen LogP contribution in [-0.4, -0.2) is 21.1 Å². The molecule has 1 amide bonds. The number of fused-ring (bicyclic) bond motifs is 1. The zero-order valence-electron chi connectivity index (χ0n) is 17.6. The molecule has 2 heterocycles. The van der Waals surface area contributed by atoms with E-state index in [1.807, 2.05) is 25.1 Å². The number of carbonyl (C=O) groups is 1. The first-order valence-electron chi connectivity index (χ1n) is 10.4. The molecule has 2 aromatic carbocycles. The number of anilines is 2. The fourth-order valence-corrected chi connectivity index (χ4v) is 4.14. The van der Waals surface area contributed by atoms with Crippen LogP contribution in [0.5, 0.6) is 0 Å². The van der Waals surface area contributed by atoms with Crippen molar-refractivity contribution in [2.24, 2.45) is 0 Å². The van der Waals surface area contributed by atoms with Crippen LogP contribution in [0.2, 0.25) is 0 Å². The summed E-state index contributed by atoms with van der Waals surface area (Å²) in [6.07, 6.45) is -3.22. The summed E-state index contributed by atoms with van der Waals surface area (Å²) in [6, 6.07) is 14.1. The van der Waals surface area contributed by atoms with E-state index in [0.29, 0.717) is 35.6 Å². The molecule has 5 rings (SSSR count). The van der Waals surface area contributed by atoms with Gasteiger partial charge in [0.25, 0.3) is 0 Å². The van der Waals surface area contributed by atoms with E-state index < -0.39 is 17.2 Å². The van der Waals surface area contributed by atoms with Crippen molar-refractivity contribution >= 4 is 28.4 Å². The largest absolute Gasteiger partial charge is 0.416 e. The van der Waals surface area contributed by atoms with Gasteiger partial charge >= 0.3 is 6.18 Å². The Balaban J connectivity index is 1.37. The molecule has 9 heteroatoms. The van der Waals surface area contributed by atoms with Crippen LogP contribution < -0.4 is 11.1 Å². The first kappa shape index (κ1) is 21.0. The average molecular weight is 451 g/mol. The highest BCUT2D eigenvalue weighted by atomic mass is 19.4. The van der Waals surface area contributed by atoms with Crippen molar-refractivity contribution in [2.45, 2.75) is 31.4 Å². The van der Waals surface area contributed by atoms with E-state index in [-0.39, 0.29) is 5.91 Å². The minimum absolute atomic E-state index is 0.226. The molecule has 1 saturated carbocycles. The van der Waals surface area contributed by atoms with Gasteiger partial charge in [-0.05, 0) is 66.8 Å². The minimum Gasteiger partial charge on any atom is -0.382 e. The van der Waals surface area contributed by atoms with Crippen LogP contribution in [0.15, 0.2) is 54.6 Å². The van der Waals surface area contributed by atoms with Gasteiger partial charge in [0.15, 0.2) is 11.5 Å². The molecule has 0 atom stereocenters. The molecular weight excluding hydrogens is 431 g/mol. The van der Waals surface area contributed by atoms with Crippen molar-refractivity contribution in [3.05, 3.63) is 71.4 Å². The summed E-state index contributed by atoms with van der Waals surface area (Å²) >= 11 is 0. The number of aromatic nitrogens is 3. The van der Waals surface area contributed by atoms with E-state index in [4.69, 9.17) is 5.73 Å². The summed E-state index contributed by atoms with van der Waals surface area (Å²) in [5.74, 6) is 0.133. The first-order chi connectivity index (χ1) is 15.7. The fourth-order valence-electron chi connectivity index (χ4n) is 4.14. The fraction of sp³-hybridized carbons (Fsp3) is 0.208. The molecule has 1 fully saturated rings. The van der Waals surface area contributed by atoms with Crippen LogP contribution in [0.3, 0.4) is 0 Å². The maximum atomic E-state index is 13.0. The van der Waals surface area contributed by atoms with Crippen LogP contribution in [0.25, 0.3) is 22.2 Å². The standard InChI is InChI=1S/C24H20F3N5O/c1-13-12-18(19-20(28)31-32-21(19)29-13)14-2-8-17(9-3-14)30-22(33)23(10-11-23)15-4-6-16(7-5-15)24(25,26)27/h2-9,12H,10-11H2,1H3,(H,30,33)(H3,28,29,31,32). The third-order valence-corrected chi connectivity index (χ3v) is 6.09. The number of pyridine rings is 1. The summed E-state index contributed by atoms with van der Waals surface area (Å²) in [5.41, 5.74) is 8.86. The van der Waals surface area contributed by atoms with Crippen LogP contribution in [0.1, 0.15) is 29.7 Å². The van der Waals surface area contributed by atoms with Gasteiger partial charge in [0.05, 0.1) is 16.4 Å². The maximum absolute atomic E-state index is 13.0. The number of rotatable bonds is 4. The lowest BCUT2D eigenvalue weighted by atomic mass is 9.93. The smallest absolute Gasteiger partial charge is 0.382 e. The number of carbonyl (C=O) groups excluding carboxylic acids is 1. The van der Waals surface area contributed by atoms with Crippen molar-refractivity contribution in [1.29, 1.82) is 0 Å². The van der Waals surface area contributed by atoms with Gasteiger partial charge in [-0.2, -0.15) is 18.3 Å². The Hall–Kier alpha value is -3.88. The quantitative estimate of drug-likeness (QED) is 0.397. The van der Waals surface area contributed by atoms with Gasteiger partial charge in [-0.1, -0.05) is 24.3 Å². The Morgan fingerprint density at radius 2 is 1.76 bits per heavy atom. The lowest BCUT2D eigenvalue weighted by molar-refractivity contribution is -0.137. The zero-order chi connectivity index (χ0) is 23.4. The number of hydrogen-bond acceptors (Lipinski definition) is 4. The second-order valence-corrected chi connectivity index (χ2v) is 8.33. The second-order valence-electron chi connectivity index (χ2n) is 8.33. The molecule has 6 nitrogen and oxygen atoms in total. The summed E-state index contributed by atoms with van der Waals surface area (Å²) in [5, 5.41) is 10.5. The number of nitrogens with zero attached hydrogens (tertiary/aromatic N) is 2. The highest BCUT2D eigenvalue weighted by molar-refractivity contribution is 6.02. The van der Waals surface area contributed by atoms with Crippen LogP contribution in [-0.2, 0) is 16.4 Å². The molecule has 4 N–H and O–H groups in total. The molecular formula is C24H20F3N5O. The number of amides is 1. The molecule has 0 unspecified atom stereocenters. The molecule has 0 radical (unpaired) electrons. The molecule has 0 bridgehead atoms. The Morgan fingerprint density at radius 3 is 2.36 bits per heavy atom. The normalized spacial score (nSPS) is 14.9. The van der Waals surface area contributed by atoms with Gasteiger partial charge in [-0.3, -0.25) is 9.89 Å². The Labute approximate surface area is 187 Å². The predicted molar refractivity (Wildman–Crippen MR) is 119 cm³/mol. The highest BCUT2D eigenvalue weighted by Gasteiger charge is 2.51. The molecule has 0 saturated heterocycles. The molecule has 33 heavy (non-hydrogen) atoms. The Kier molecular flexibility index (Phi) is 4.66. The number of alkyl halides is 3. The summed E-state index contributed by atoms with van der Waals surface area (Å²) in [4.78, 5) is 17.4. The van der Waals surface area contributed by atoms with Crippen LogP contribution >= 0.6 is 0 Å². The number of benzene rings is 2. The summed E-state index contributed by atoms with van der Waals surface area (Å²) in [6.45, 7) is 1.88. The molecule has 4 aromatic rings. The van der Waals surface area contributed by atoms with E-state index in [9.17, 15) is 18.0 Å². The van der Waals surface area contributed by atoms with Crippen molar-refractivity contribution < 1.29 is 18.0 Å². The predicted octanol–water partition coefficient (Wildman–Crippen LogP) is 5.20. The second kappa shape index (κ2) is 7.33. The number of nitrogens with one attached hydrogen (secondary N) is 2. The maximum Gasteiger partial charge on any atom is 0.416 e. The van der Waals surface area contributed by atoms with Crippen LogP contribution in [0, 0.1) is 6.92 Å². The topological polar surface area (TPSA) is 96.7 Å². The van der Waals surface area contributed by atoms with Crippen molar-refractivity contribution in [2.75, 3.05) is 11.1 Å². The van der Waals surface area contributed by atoms with Crippen molar-refractivity contribution in [3.8, 4) is 11.1 Å². The zero-order valence-corrected chi connectivity index (χ0v) is 17.6. The average Bonchev–Trinajstić information content (AvgIpc) is 3.52. The third-order valence-electron chi connectivity index (χ3n) is 6.09. The number of nitrogen functional groups attached to an aromatic ring is 1. The lowest BCUT2D eigenvalue weighted by Gasteiger charge is -2.17. The number of hydrogen-bond donors (Lipinski definition) is 3. The SMILES string of the molecule is Cc1cc(-c2ccc(NC(=O)C3(c4ccc(C(F)(F)F)cc4)CC3)cc2)c2c(N)n[nH]c2n1. The Morgan fingerprint density at radius 1 is 1.09 bits per heavy atom. The van der Waals surface area contributed by atoms with Crippen molar-refractivity contribution in [1.82, 2.24) is 15.2 Å². The molecule has 0 aliphatic heterocycles. The number of H-pyrrole nitrogens is 1. The lowest BCUT2D eigenvalue weighted by Crippen LogP contribution is -2.27. The van der Waals surface area contributed by atoms with Gasteiger partial charge in [0, 0.05) is 11.4 Å². The van der Waals surface area contributed by atoms with E-state index in [0.717, 1.165) is 34.3 Å². The first-order valence-corrected chi connectivity index (χ1v) is 10.4. The minimum atomic E-state index is -4.40. The van der Waals surface area contributed by atoms with Gasteiger partial charge < -0.3 is 11.1 Å². The van der Waals surface area contributed by atoms with E-state index >= 15 is 0 Å². The molecule has 1 aliphatic carbocycles. The van der Waals surface area contributed by atoms with E-state index in [2.05, 4.69) is 20.5 Å². The number of aromatic amines is 1. The van der Waals surface area contributed by atoms with E-state index in [1.54, 1.807) is 12.1 Å². The monoisotopic (exact) mass is 451 g/mol. The van der Waals surface area contributed by atoms with Crippen molar-refractivity contribution in [3.63, 3.8) is 0 Å². The van der Waals surface area contributed by atoms with Gasteiger partial charge in [0.2, 0.25) is 5.91 Å². The van der Waals surface area contributed by atoms with Gasteiger partial charge in [-0.15, -0.1) is 0 Å².